The highest BCUT2D eigenvalue weighted by molar-refractivity contribution is 7.98. The summed E-state index contributed by atoms with van der Waals surface area (Å²) in [5.41, 5.74) is 2.14. The maximum Gasteiger partial charge on any atom is 0.263 e. The van der Waals surface area contributed by atoms with Crippen LogP contribution < -0.4 is 5.56 Å². The smallest absolute Gasteiger partial charge is 0.263 e. The molecule has 0 atom stereocenters. The van der Waals surface area contributed by atoms with E-state index < -0.39 is 0 Å². The molecule has 126 valence electrons. The second-order valence-corrected chi connectivity index (χ2v) is 8.44. The molecule has 0 aliphatic heterocycles. The molecule has 0 aliphatic carbocycles. The molecule has 0 radical (unpaired) electrons. The van der Waals surface area contributed by atoms with E-state index in [2.05, 4.69) is 4.98 Å². The first-order valence-corrected chi connectivity index (χ1v) is 9.82. The molecule has 3 aromatic rings. The van der Waals surface area contributed by atoms with Crippen LogP contribution >= 0.6 is 34.7 Å². The number of aromatic nitrogens is 3. The average molecular weight is 380 g/mol. The Balaban J connectivity index is 2.04. The normalized spacial score (nSPS) is 11.6. The van der Waals surface area contributed by atoms with Crippen LogP contribution in [0, 0.1) is 13.8 Å². The summed E-state index contributed by atoms with van der Waals surface area (Å²) in [4.78, 5) is 23.8. The number of hydrogen-bond donors (Lipinski definition) is 0. The van der Waals surface area contributed by atoms with Crippen molar-refractivity contribution in [1.82, 2.24) is 14.5 Å². The van der Waals surface area contributed by atoms with E-state index in [4.69, 9.17) is 16.6 Å². The SMILES string of the molecule is Cc1sc2nc(SCc3ccc(Cl)nc3)n(C(C)C)c(=O)c2c1C. The lowest BCUT2D eigenvalue weighted by Gasteiger charge is -2.15. The van der Waals surface area contributed by atoms with E-state index in [9.17, 15) is 4.79 Å². The molecule has 0 unspecified atom stereocenters. The van der Waals surface area contributed by atoms with Gasteiger partial charge in [0.2, 0.25) is 0 Å². The van der Waals surface area contributed by atoms with Gasteiger partial charge in [0.25, 0.3) is 5.56 Å². The van der Waals surface area contributed by atoms with Crippen LogP contribution in [-0.2, 0) is 5.75 Å². The Morgan fingerprint density at radius 3 is 2.71 bits per heavy atom. The Labute approximate surface area is 153 Å². The Bertz CT molecular complexity index is 945. The minimum absolute atomic E-state index is 0.0496. The van der Waals surface area contributed by atoms with Crippen molar-refractivity contribution in [1.29, 1.82) is 0 Å². The van der Waals surface area contributed by atoms with Gasteiger partial charge in [-0.2, -0.15) is 0 Å². The van der Waals surface area contributed by atoms with Gasteiger partial charge in [0, 0.05) is 22.9 Å². The Morgan fingerprint density at radius 2 is 2.08 bits per heavy atom. The number of pyridine rings is 1. The summed E-state index contributed by atoms with van der Waals surface area (Å²) in [5.74, 6) is 0.693. The van der Waals surface area contributed by atoms with Crippen molar-refractivity contribution in [2.24, 2.45) is 0 Å². The number of thioether (sulfide) groups is 1. The molecule has 0 saturated heterocycles. The van der Waals surface area contributed by atoms with Gasteiger partial charge in [0.15, 0.2) is 5.16 Å². The number of thiophene rings is 1. The van der Waals surface area contributed by atoms with Crippen LogP contribution in [0.15, 0.2) is 28.3 Å². The molecule has 0 aliphatic rings. The molecule has 0 bridgehead atoms. The molecular weight excluding hydrogens is 362 g/mol. The number of halogens is 1. The summed E-state index contributed by atoms with van der Waals surface area (Å²) in [5, 5.41) is 1.98. The molecule has 3 rings (SSSR count). The number of hydrogen-bond acceptors (Lipinski definition) is 5. The molecular formula is C17H18ClN3OS2. The standard InChI is InChI=1S/C17H18ClN3OS2/c1-9(2)21-16(22)14-10(3)11(4)24-15(14)20-17(21)23-8-12-5-6-13(18)19-7-12/h5-7,9H,8H2,1-4H3. The van der Waals surface area contributed by atoms with Gasteiger partial charge in [-0.3, -0.25) is 9.36 Å². The van der Waals surface area contributed by atoms with E-state index in [0.29, 0.717) is 10.9 Å². The average Bonchev–Trinajstić information content (AvgIpc) is 2.81. The molecule has 3 heterocycles. The number of rotatable bonds is 4. The van der Waals surface area contributed by atoms with Crippen LogP contribution in [0.5, 0.6) is 0 Å². The van der Waals surface area contributed by atoms with Gasteiger partial charge < -0.3 is 0 Å². The first-order valence-electron chi connectivity index (χ1n) is 7.64. The lowest BCUT2D eigenvalue weighted by atomic mass is 10.2. The van der Waals surface area contributed by atoms with Crippen molar-refractivity contribution in [2.45, 2.75) is 44.6 Å². The van der Waals surface area contributed by atoms with Gasteiger partial charge in [-0.1, -0.05) is 29.4 Å². The summed E-state index contributed by atoms with van der Waals surface area (Å²) >= 11 is 8.96. The quantitative estimate of drug-likeness (QED) is 0.363. The maximum absolute atomic E-state index is 13.0. The van der Waals surface area contributed by atoms with E-state index in [1.54, 1.807) is 39.9 Å². The van der Waals surface area contributed by atoms with E-state index in [1.807, 2.05) is 33.8 Å². The fourth-order valence-electron chi connectivity index (χ4n) is 2.48. The topological polar surface area (TPSA) is 47.8 Å². The molecule has 24 heavy (non-hydrogen) atoms. The minimum atomic E-state index is 0.0496. The third-order valence-corrected chi connectivity index (χ3v) is 6.22. The zero-order chi connectivity index (χ0) is 17.4. The number of nitrogens with zero attached hydrogens (tertiary/aromatic N) is 3. The van der Waals surface area contributed by atoms with E-state index in [-0.39, 0.29) is 11.6 Å². The Morgan fingerprint density at radius 1 is 1.33 bits per heavy atom. The summed E-state index contributed by atoms with van der Waals surface area (Å²) in [6.45, 7) is 8.05. The lowest BCUT2D eigenvalue weighted by molar-refractivity contribution is 0.519. The first kappa shape index (κ1) is 17.5. The van der Waals surface area contributed by atoms with Gasteiger partial charge in [0.05, 0.1) is 5.39 Å². The first-order chi connectivity index (χ1) is 11.4. The zero-order valence-corrected chi connectivity index (χ0v) is 16.3. The Hall–Kier alpha value is -1.37. The van der Waals surface area contributed by atoms with Crippen LogP contribution in [0.4, 0.5) is 0 Å². The van der Waals surface area contributed by atoms with Gasteiger partial charge >= 0.3 is 0 Å². The molecule has 0 aromatic carbocycles. The van der Waals surface area contributed by atoms with Crippen LogP contribution in [0.25, 0.3) is 10.2 Å². The Kier molecular flexibility index (Phi) is 4.99. The molecule has 3 aromatic heterocycles. The summed E-state index contributed by atoms with van der Waals surface area (Å²) in [6.07, 6.45) is 1.76. The zero-order valence-electron chi connectivity index (χ0n) is 14.0. The second-order valence-electron chi connectivity index (χ2n) is 5.90. The predicted octanol–water partition coefficient (Wildman–Crippen LogP) is 5.00. The molecule has 0 spiro atoms. The largest absolute Gasteiger partial charge is 0.284 e. The maximum atomic E-state index is 13.0. The third-order valence-electron chi connectivity index (χ3n) is 3.88. The third kappa shape index (κ3) is 3.23. The fourth-order valence-corrected chi connectivity index (χ4v) is 4.73. The van der Waals surface area contributed by atoms with Crippen molar-refractivity contribution in [3.8, 4) is 0 Å². The van der Waals surface area contributed by atoms with Gasteiger partial charge in [-0.25, -0.2) is 9.97 Å². The summed E-state index contributed by atoms with van der Waals surface area (Å²) in [6, 6.07) is 3.77. The van der Waals surface area contributed by atoms with Crippen molar-refractivity contribution in [2.75, 3.05) is 0 Å². The highest BCUT2D eigenvalue weighted by Crippen LogP contribution is 2.30. The molecule has 0 N–H and O–H groups in total. The van der Waals surface area contributed by atoms with Crippen molar-refractivity contribution < 1.29 is 0 Å². The van der Waals surface area contributed by atoms with Crippen molar-refractivity contribution in [3.05, 3.63) is 49.8 Å². The fraction of sp³-hybridized carbons (Fsp3) is 0.353. The lowest BCUT2D eigenvalue weighted by Crippen LogP contribution is -2.24. The molecule has 7 heteroatoms. The molecule has 0 amide bonds. The van der Waals surface area contributed by atoms with Crippen molar-refractivity contribution >= 4 is 44.9 Å². The summed E-state index contributed by atoms with van der Waals surface area (Å²) < 4.78 is 1.79. The monoisotopic (exact) mass is 379 g/mol. The highest BCUT2D eigenvalue weighted by atomic mass is 35.5. The van der Waals surface area contributed by atoms with E-state index >= 15 is 0 Å². The van der Waals surface area contributed by atoms with E-state index in [0.717, 1.165) is 31.4 Å². The van der Waals surface area contributed by atoms with Gasteiger partial charge in [-0.15, -0.1) is 11.3 Å². The van der Waals surface area contributed by atoms with Crippen LogP contribution in [0.3, 0.4) is 0 Å². The minimum Gasteiger partial charge on any atom is -0.284 e. The summed E-state index contributed by atoms with van der Waals surface area (Å²) in [7, 11) is 0. The van der Waals surface area contributed by atoms with Gasteiger partial charge in [-0.05, 0) is 44.9 Å². The number of fused-ring (bicyclic) bond motifs is 1. The molecule has 4 nitrogen and oxygen atoms in total. The van der Waals surface area contributed by atoms with Crippen LogP contribution in [0.1, 0.15) is 35.9 Å². The van der Waals surface area contributed by atoms with E-state index in [1.165, 1.54) is 0 Å². The predicted molar refractivity (Wildman–Crippen MR) is 103 cm³/mol. The van der Waals surface area contributed by atoms with Gasteiger partial charge in [0.1, 0.15) is 9.98 Å². The van der Waals surface area contributed by atoms with Crippen LogP contribution in [0.2, 0.25) is 5.15 Å². The van der Waals surface area contributed by atoms with Crippen LogP contribution in [-0.4, -0.2) is 14.5 Å². The highest BCUT2D eigenvalue weighted by Gasteiger charge is 2.18. The van der Waals surface area contributed by atoms with Crippen molar-refractivity contribution in [3.63, 3.8) is 0 Å². The second kappa shape index (κ2) is 6.86. The molecule has 0 saturated carbocycles. The molecule has 0 fully saturated rings. The number of aryl methyl sites for hydroxylation is 2.